The van der Waals surface area contributed by atoms with Crippen LogP contribution in [-0.2, 0) is 0 Å². The molecule has 1 atom stereocenters. The van der Waals surface area contributed by atoms with Crippen molar-refractivity contribution in [1.82, 2.24) is 9.88 Å². The Morgan fingerprint density at radius 2 is 1.97 bits per heavy atom. The molecule has 1 aliphatic carbocycles. The fraction of sp³-hybridized carbons (Fsp3) is 0.474. The SMILES string of the molecule is COc1c(N2CCNC(C)C2)c(F)cc2c(=O)c(C(=O)O)cn(C3CC3)c12.O.O.O. The summed E-state index contributed by atoms with van der Waals surface area (Å²) < 4.78 is 22.5. The van der Waals surface area contributed by atoms with Gasteiger partial charge in [-0.3, -0.25) is 4.79 Å². The molecule has 4 rings (SSSR count). The van der Waals surface area contributed by atoms with Crippen molar-refractivity contribution in [2.75, 3.05) is 31.6 Å². The maximum Gasteiger partial charge on any atom is 0.341 e. The molecule has 11 heteroatoms. The van der Waals surface area contributed by atoms with Gasteiger partial charge in [-0.1, -0.05) is 0 Å². The average molecular weight is 429 g/mol. The zero-order valence-electron chi connectivity index (χ0n) is 16.8. The van der Waals surface area contributed by atoms with Crippen LogP contribution in [0.1, 0.15) is 36.2 Å². The molecule has 1 aliphatic heterocycles. The van der Waals surface area contributed by atoms with Crippen molar-refractivity contribution >= 4 is 22.6 Å². The number of aromatic nitrogens is 1. The van der Waals surface area contributed by atoms with Crippen molar-refractivity contribution in [2.24, 2.45) is 0 Å². The lowest BCUT2D eigenvalue weighted by atomic mass is 10.1. The van der Waals surface area contributed by atoms with Crippen molar-refractivity contribution in [2.45, 2.75) is 31.8 Å². The molecule has 1 saturated heterocycles. The van der Waals surface area contributed by atoms with E-state index in [2.05, 4.69) is 5.32 Å². The van der Waals surface area contributed by atoms with Crippen LogP contribution in [0.4, 0.5) is 10.1 Å². The van der Waals surface area contributed by atoms with Crippen LogP contribution in [0.5, 0.6) is 5.75 Å². The number of pyridine rings is 1. The number of carbonyl (C=O) groups is 1. The number of carboxylic acid groups (broad SMARTS) is 1. The molecule has 1 saturated carbocycles. The quantitative estimate of drug-likeness (QED) is 0.661. The molecule has 2 aromatic rings. The third kappa shape index (κ3) is 4.10. The van der Waals surface area contributed by atoms with E-state index in [0.29, 0.717) is 30.0 Å². The molecule has 1 aromatic carbocycles. The van der Waals surface area contributed by atoms with Crippen molar-refractivity contribution in [3.05, 3.63) is 33.9 Å². The summed E-state index contributed by atoms with van der Waals surface area (Å²) in [4.78, 5) is 26.1. The third-order valence-electron chi connectivity index (χ3n) is 5.26. The Balaban J connectivity index is 0.00000150. The van der Waals surface area contributed by atoms with Crippen molar-refractivity contribution in [1.29, 1.82) is 0 Å². The van der Waals surface area contributed by atoms with Crippen LogP contribution < -0.4 is 20.4 Å². The van der Waals surface area contributed by atoms with Gasteiger partial charge in [0.15, 0.2) is 11.6 Å². The molecule has 168 valence electrons. The lowest BCUT2D eigenvalue weighted by molar-refractivity contribution is 0.0694. The van der Waals surface area contributed by atoms with Crippen LogP contribution in [0.25, 0.3) is 10.9 Å². The van der Waals surface area contributed by atoms with Crippen molar-refractivity contribution in [3.8, 4) is 5.75 Å². The lowest BCUT2D eigenvalue weighted by Gasteiger charge is -2.35. The van der Waals surface area contributed by atoms with Gasteiger partial charge in [-0.05, 0) is 25.8 Å². The molecule has 0 spiro atoms. The topological polar surface area (TPSA) is 178 Å². The van der Waals surface area contributed by atoms with E-state index in [0.717, 1.165) is 25.5 Å². The van der Waals surface area contributed by atoms with Gasteiger partial charge in [0.25, 0.3) is 0 Å². The fourth-order valence-electron chi connectivity index (χ4n) is 3.86. The Hall–Kier alpha value is -2.73. The Bertz CT molecular complexity index is 990. The molecule has 2 fully saturated rings. The summed E-state index contributed by atoms with van der Waals surface area (Å²) in [5.41, 5.74) is -0.237. The second-order valence-electron chi connectivity index (χ2n) is 7.25. The molecule has 8 N–H and O–H groups in total. The third-order valence-corrected chi connectivity index (χ3v) is 5.26. The van der Waals surface area contributed by atoms with Gasteiger partial charge in [-0.2, -0.15) is 0 Å². The number of piperazine rings is 1. The van der Waals surface area contributed by atoms with E-state index in [1.165, 1.54) is 13.3 Å². The number of rotatable bonds is 4. The summed E-state index contributed by atoms with van der Waals surface area (Å²) in [6.07, 6.45) is 3.14. The smallest absolute Gasteiger partial charge is 0.341 e. The highest BCUT2D eigenvalue weighted by atomic mass is 19.1. The first-order chi connectivity index (χ1) is 12.9. The van der Waals surface area contributed by atoms with Gasteiger partial charge >= 0.3 is 5.97 Å². The molecular formula is C19H28FN3O7. The van der Waals surface area contributed by atoms with Gasteiger partial charge in [0.2, 0.25) is 5.43 Å². The highest BCUT2D eigenvalue weighted by Crippen LogP contribution is 2.43. The molecule has 0 bridgehead atoms. The normalized spacial score (nSPS) is 18.1. The molecular weight excluding hydrogens is 401 g/mol. The van der Waals surface area contributed by atoms with Gasteiger partial charge in [0, 0.05) is 37.9 Å². The van der Waals surface area contributed by atoms with E-state index in [4.69, 9.17) is 4.74 Å². The zero-order valence-corrected chi connectivity index (χ0v) is 16.8. The number of anilines is 1. The minimum atomic E-state index is -1.31. The second kappa shape index (κ2) is 9.39. The first kappa shape index (κ1) is 25.3. The van der Waals surface area contributed by atoms with Crippen LogP contribution in [0.3, 0.4) is 0 Å². The summed E-state index contributed by atoms with van der Waals surface area (Å²) in [5, 5.41) is 12.7. The minimum absolute atomic E-state index is 0. The summed E-state index contributed by atoms with van der Waals surface area (Å²) in [6.45, 7) is 3.97. The molecule has 0 amide bonds. The van der Waals surface area contributed by atoms with Gasteiger partial charge in [-0.15, -0.1) is 0 Å². The van der Waals surface area contributed by atoms with E-state index >= 15 is 4.39 Å². The number of fused-ring (bicyclic) bond motifs is 1. The number of ether oxygens (including phenoxy) is 1. The summed E-state index contributed by atoms with van der Waals surface area (Å²) in [6, 6.07) is 1.45. The van der Waals surface area contributed by atoms with Gasteiger partial charge in [0.1, 0.15) is 11.3 Å². The summed E-state index contributed by atoms with van der Waals surface area (Å²) >= 11 is 0. The predicted molar refractivity (Wildman–Crippen MR) is 110 cm³/mol. The molecule has 1 aromatic heterocycles. The van der Waals surface area contributed by atoms with Crippen LogP contribution in [0.15, 0.2) is 17.1 Å². The van der Waals surface area contributed by atoms with Gasteiger partial charge in [0.05, 0.1) is 18.0 Å². The van der Waals surface area contributed by atoms with Crippen molar-refractivity contribution in [3.63, 3.8) is 0 Å². The highest BCUT2D eigenvalue weighted by Gasteiger charge is 2.32. The standard InChI is InChI=1S/C19H22FN3O4.3H2O/c1-10-8-22(6-5-21-10)16-14(20)7-12-15(18(16)27-2)23(11-3-4-11)9-13(17(12)24)19(25)26;;;/h7,9-11,21H,3-6,8H2,1-2H3,(H,25,26);3*1H2. The Morgan fingerprint density at radius 1 is 1.30 bits per heavy atom. The zero-order chi connectivity index (χ0) is 19.3. The molecule has 10 nitrogen and oxygen atoms in total. The van der Waals surface area contributed by atoms with Gasteiger partial charge < -0.3 is 41.1 Å². The van der Waals surface area contributed by atoms with Crippen LogP contribution in [0, 0.1) is 5.82 Å². The van der Waals surface area contributed by atoms with E-state index in [-0.39, 0.29) is 39.5 Å². The van der Waals surface area contributed by atoms with Crippen LogP contribution in [-0.4, -0.2) is 64.9 Å². The number of methoxy groups -OCH3 is 1. The minimum Gasteiger partial charge on any atom is -0.492 e. The average Bonchev–Trinajstić information content (AvgIpc) is 3.46. The first-order valence-electron chi connectivity index (χ1n) is 9.09. The number of carboxylic acids is 1. The summed E-state index contributed by atoms with van der Waals surface area (Å²) in [7, 11) is 1.45. The van der Waals surface area contributed by atoms with E-state index in [1.807, 2.05) is 11.8 Å². The Labute approximate surface area is 171 Å². The second-order valence-corrected chi connectivity index (χ2v) is 7.25. The number of nitrogens with one attached hydrogen (secondary N) is 1. The molecule has 2 heterocycles. The largest absolute Gasteiger partial charge is 0.492 e. The number of benzene rings is 1. The van der Waals surface area contributed by atoms with Crippen LogP contribution >= 0.6 is 0 Å². The maximum absolute atomic E-state index is 15.1. The fourth-order valence-corrected chi connectivity index (χ4v) is 3.86. The molecule has 1 unspecified atom stereocenters. The molecule has 0 radical (unpaired) electrons. The van der Waals surface area contributed by atoms with E-state index in [1.54, 1.807) is 4.57 Å². The van der Waals surface area contributed by atoms with Crippen LogP contribution in [0.2, 0.25) is 0 Å². The number of hydrogen-bond donors (Lipinski definition) is 2. The number of nitrogens with zero attached hydrogens (tertiary/aromatic N) is 2. The highest BCUT2D eigenvalue weighted by molar-refractivity contribution is 5.97. The Kier molecular flexibility index (Phi) is 7.92. The summed E-state index contributed by atoms with van der Waals surface area (Å²) in [5.74, 6) is -1.59. The van der Waals surface area contributed by atoms with Crippen molar-refractivity contribution < 1.29 is 35.5 Å². The van der Waals surface area contributed by atoms with E-state index in [9.17, 15) is 14.7 Å². The molecule has 2 aliphatic rings. The first-order valence-corrected chi connectivity index (χ1v) is 9.09. The number of halogens is 1. The Morgan fingerprint density at radius 3 is 2.50 bits per heavy atom. The van der Waals surface area contributed by atoms with E-state index < -0.39 is 17.2 Å². The number of hydrogen-bond acceptors (Lipinski definition) is 5. The predicted octanol–water partition coefficient (Wildman–Crippen LogP) is -0.494. The maximum atomic E-state index is 15.1. The van der Waals surface area contributed by atoms with Gasteiger partial charge in [-0.25, -0.2) is 9.18 Å². The lowest BCUT2D eigenvalue weighted by Crippen LogP contribution is -2.49. The monoisotopic (exact) mass is 429 g/mol. The number of aromatic carboxylic acids is 1. The molecule has 30 heavy (non-hydrogen) atoms.